The van der Waals surface area contributed by atoms with Crippen LogP contribution >= 0.6 is 0 Å². The highest BCUT2D eigenvalue weighted by Gasteiger charge is 2.12. The molecule has 2 aromatic rings. The number of aromatic nitrogens is 2. The van der Waals surface area contributed by atoms with Gasteiger partial charge in [-0.1, -0.05) is 0 Å². The van der Waals surface area contributed by atoms with E-state index in [1.54, 1.807) is 38.7 Å². The number of hydrogen-bond donors (Lipinski definition) is 1. The number of carbonyl (C=O) groups is 1. The smallest absolute Gasteiger partial charge is 0.335 e. The number of imidazole rings is 1. The van der Waals surface area contributed by atoms with Crippen LogP contribution in [0.25, 0.3) is 11.0 Å². The summed E-state index contributed by atoms with van der Waals surface area (Å²) < 4.78 is 12.3. The van der Waals surface area contributed by atoms with Crippen LogP contribution in [0.2, 0.25) is 0 Å². The summed E-state index contributed by atoms with van der Waals surface area (Å²) in [5, 5.41) is 8.93. The molecule has 6 nitrogen and oxygen atoms in total. The van der Waals surface area contributed by atoms with E-state index < -0.39 is 5.97 Å². The lowest BCUT2D eigenvalue weighted by Gasteiger charge is -2.15. The molecular formula is C13H16N2O4. The monoisotopic (exact) mass is 264 g/mol. The molecule has 1 atom stereocenters. The molecule has 0 bridgehead atoms. The van der Waals surface area contributed by atoms with Gasteiger partial charge in [0, 0.05) is 14.2 Å². The summed E-state index contributed by atoms with van der Waals surface area (Å²) in [5.74, 6) is -0.953. The molecule has 1 aromatic carbocycles. The van der Waals surface area contributed by atoms with Gasteiger partial charge in [0.05, 0.1) is 42.2 Å². The van der Waals surface area contributed by atoms with Crippen molar-refractivity contribution in [3.05, 3.63) is 30.1 Å². The maximum absolute atomic E-state index is 10.9. The van der Waals surface area contributed by atoms with E-state index in [9.17, 15) is 4.79 Å². The number of ether oxygens (including phenoxy) is 2. The van der Waals surface area contributed by atoms with Crippen molar-refractivity contribution in [1.29, 1.82) is 0 Å². The van der Waals surface area contributed by atoms with E-state index >= 15 is 0 Å². The normalized spacial score (nSPS) is 12.7. The molecule has 1 aromatic heterocycles. The van der Waals surface area contributed by atoms with Crippen molar-refractivity contribution >= 4 is 17.0 Å². The number of carboxylic acid groups (broad SMARTS) is 1. The van der Waals surface area contributed by atoms with E-state index in [0.717, 1.165) is 5.52 Å². The number of aromatic carboxylic acids is 1. The lowest BCUT2D eigenvalue weighted by Crippen LogP contribution is -2.23. The quantitative estimate of drug-likeness (QED) is 0.853. The first-order valence-corrected chi connectivity index (χ1v) is 5.85. The number of benzene rings is 1. The van der Waals surface area contributed by atoms with E-state index in [1.165, 1.54) is 0 Å². The van der Waals surface area contributed by atoms with Crippen LogP contribution in [0.3, 0.4) is 0 Å². The molecule has 1 unspecified atom stereocenters. The summed E-state index contributed by atoms with van der Waals surface area (Å²) in [7, 11) is 3.25. The van der Waals surface area contributed by atoms with Gasteiger partial charge in [-0.3, -0.25) is 0 Å². The molecule has 0 aliphatic carbocycles. The molecule has 0 fully saturated rings. The molecule has 0 radical (unpaired) electrons. The van der Waals surface area contributed by atoms with E-state index in [1.807, 2.05) is 4.57 Å². The molecule has 1 N–H and O–H groups in total. The average Bonchev–Trinajstić information content (AvgIpc) is 2.80. The van der Waals surface area contributed by atoms with Gasteiger partial charge in [-0.25, -0.2) is 9.78 Å². The Morgan fingerprint density at radius 1 is 1.47 bits per heavy atom. The van der Waals surface area contributed by atoms with E-state index in [2.05, 4.69) is 4.98 Å². The van der Waals surface area contributed by atoms with Crippen molar-refractivity contribution in [2.75, 3.05) is 20.8 Å². The number of fused-ring (bicyclic) bond motifs is 1. The maximum Gasteiger partial charge on any atom is 0.335 e. The Kier molecular flexibility index (Phi) is 4.13. The summed E-state index contributed by atoms with van der Waals surface area (Å²) in [4.78, 5) is 15.1. The number of carboxylic acids is 1. The molecule has 0 saturated carbocycles. The Hall–Kier alpha value is -1.92. The van der Waals surface area contributed by atoms with Gasteiger partial charge >= 0.3 is 5.97 Å². The third kappa shape index (κ3) is 2.91. The lowest BCUT2D eigenvalue weighted by molar-refractivity contribution is 0.0190. The predicted octanol–water partition coefficient (Wildman–Crippen LogP) is 1.40. The van der Waals surface area contributed by atoms with Crippen molar-refractivity contribution in [3.8, 4) is 0 Å². The van der Waals surface area contributed by atoms with Gasteiger partial charge in [-0.05, 0) is 18.2 Å². The molecule has 1 heterocycles. The van der Waals surface area contributed by atoms with Gasteiger partial charge in [0.2, 0.25) is 0 Å². The molecule has 0 amide bonds. The average molecular weight is 264 g/mol. The third-order valence-electron chi connectivity index (χ3n) is 2.95. The van der Waals surface area contributed by atoms with Gasteiger partial charge in [0.25, 0.3) is 0 Å². The second kappa shape index (κ2) is 5.81. The molecular weight excluding hydrogens is 248 g/mol. The minimum absolute atomic E-state index is 0.0680. The molecule has 0 saturated heterocycles. The zero-order chi connectivity index (χ0) is 13.8. The summed E-state index contributed by atoms with van der Waals surface area (Å²) >= 11 is 0. The van der Waals surface area contributed by atoms with Crippen LogP contribution in [0.15, 0.2) is 24.5 Å². The Labute approximate surface area is 110 Å². The van der Waals surface area contributed by atoms with Crippen LogP contribution < -0.4 is 0 Å². The molecule has 102 valence electrons. The van der Waals surface area contributed by atoms with Crippen LogP contribution in [-0.2, 0) is 16.0 Å². The standard InChI is InChI=1S/C13H16N2O4/c1-18-7-10(19-2)6-15-8-14-11-5-9(13(16)17)3-4-12(11)15/h3-5,8,10H,6-7H2,1-2H3,(H,16,17). The molecule has 19 heavy (non-hydrogen) atoms. The van der Waals surface area contributed by atoms with E-state index in [-0.39, 0.29) is 11.7 Å². The van der Waals surface area contributed by atoms with E-state index in [4.69, 9.17) is 14.6 Å². The first-order chi connectivity index (χ1) is 9.15. The summed E-state index contributed by atoms with van der Waals surface area (Å²) in [6.45, 7) is 1.09. The summed E-state index contributed by atoms with van der Waals surface area (Å²) in [6, 6.07) is 4.89. The first kappa shape index (κ1) is 13.5. The zero-order valence-electron chi connectivity index (χ0n) is 10.9. The summed E-state index contributed by atoms with van der Waals surface area (Å²) in [5.41, 5.74) is 1.77. The largest absolute Gasteiger partial charge is 0.478 e. The molecule has 2 rings (SSSR count). The van der Waals surface area contributed by atoms with Gasteiger partial charge in [-0.2, -0.15) is 0 Å². The topological polar surface area (TPSA) is 73.6 Å². The zero-order valence-corrected chi connectivity index (χ0v) is 10.9. The van der Waals surface area contributed by atoms with Crippen LogP contribution in [0.1, 0.15) is 10.4 Å². The molecule has 0 aliphatic rings. The molecule has 0 aliphatic heterocycles. The highest BCUT2D eigenvalue weighted by molar-refractivity contribution is 5.92. The maximum atomic E-state index is 10.9. The van der Waals surface area contributed by atoms with Crippen LogP contribution in [0, 0.1) is 0 Å². The number of methoxy groups -OCH3 is 2. The molecule has 6 heteroatoms. The number of hydrogen-bond acceptors (Lipinski definition) is 4. The second-order valence-electron chi connectivity index (χ2n) is 4.22. The van der Waals surface area contributed by atoms with Crippen molar-refractivity contribution in [1.82, 2.24) is 9.55 Å². The lowest BCUT2D eigenvalue weighted by atomic mass is 10.2. The number of rotatable bonds is 6. The van der Waals surface area contributed by atoms with Gasteiger partial charge in [-0.15, -0.1) is 0 Å². The molecule has 0 spiro atoms. The number of nitrogens with zero attached hydrogens (tertiary/aromatic N) is 2. The van der Waals surface area contributed by atoms with Gasteiger partial charge in [0.15, 0.2) is 0 Å². The Balaban J connectivity index is 2.27. The van der Waals surface area contributed by atoms with Gasteiger partial charge in [0.1, 0.15) is 0 Å². The Morgan fingerprint density at radius 2 is 2.26 bits per heavy atom. The van der Waals surface area contributed by atoms with Crippen molar-refractivity contribution in [2.45, 2.75) is 12.6 Å². The highest BCUT2D eigenvalue weighted by atomic mass is 16.5. The SMILES string of the molecule is COCC(Cn1cnc2cc(C(=O)O)ccc21)OC. The van der Waals surface area contributed by atoms with E-state index in [0.29, 0.717) is 18.7 Å². The fourth-order valence-electron chi connectivity index (χ4n) is 1.94. The van der Waals surface area contributed by atoms with Crippen LogP contribution in [0.4, 0.5) is 0 Å². The first-order valence-electron chi connectivity index (χ1n) is 5.85. The van der Waals surface area contributed by atoms with Crippen molar-refractivity contribution in [2.24, 2.45) is 0 Å². The fraction of sp³-hybridized carbons (Fsp3) is 0.385. The van der Waals surface area contributed by atoms with Crippen LogP contribution in [-0.4, -0.2) is 47.6 Å². The Morgan fingerprint density at radius 3 is 2.89 bits per heavy atom. The van der Waals surface area contributed by atoms with Gasteiger partial charge < -0.3 is 19.1 Å². The summed E-state index contributed by atoms with van der Waals surface area (Å²) in [6.07, 6.45) is 1.61. The fourth-order valence-corrected chi connectivity index (χ4v) is 1.94. The Bertz CT molecular complexity index is 579. The third-order valence-corrected chi connectivity index (χ3v) is 2.95. The van der Waals surface area contributed by atoms with Crippen molar-refractivity contribution < 1.29 is 19.4 Å². The minimum atomic E-state index is -0.953. The minimum Gasteiger partial charge on any atom is -0.478 e. The van der Waals surface area contributed by atoms with Crippen LogP contribution in [0.5, 0.6) is 0 Å². The van der Waals surface area contributed by atoms with Crippen molar-refractivity contribution in [3.63, 3.8) is 0 Å². The highest BCUT2D eigenvalue weighted by Crippen LogP contribution is 2.16. The second-order valence-corrected chi connectivity index (χ2v) is 4.22. The predicted molar refractivity (Wildman–Crippen MR) is 69.4 cm³/mol.